The van der Waals surface area contributed by atoms with Crippen molar-refractivity contribution in [2.24, 2.45) is 0 Å². The lowest BCUT2D eigenvalue weighted by Gasteiger charge is -2.10. The summed E-state index contributed by atoms with van der Waals surface area (Å²) in [5, 5.41) is 3.81. The van der Waals surface area contributed by atoms with Gasteiger partial charge in [-0.2, -0.15) is 13.2 Å². The predicted octanol–water partition coefficient (Wildman–Crippen LogP) is 4.65. The average Bonchev–Trinajstić information content (AvgIpc) is 2.65. The van der Waals surface area contributed by atoms with E-state index >= 15 is 0 Å². The molecule has 0 heterocycles. The summed E-state index contributed by atoms with van der Waals surface area (Å²) < 4.78 is 43.1. The van der Waals surface area contributed by atoms with Crippen molar-refractivity contribution in [2.45, 2.75) is 6.18 Å². The molecule has 0 aliphatic rings. The molecule has 0 unspecified atom stereocenters. The van der Waals surface area contributed by atoms with Crippen molar-refractivity contribution in [1.29, 1.82) is 0 Å². The van der Waals surface area contributed by atoms with Crippen molar-refractivity contribution in [3.63, 3.8) is 0 Å². The molecule has 0 bridgehead atoms. The SMILES string of the molecule is O=C(COC(=O)c1cccc2ccccc12)Nc1cccc(C(F)(F)F)c1. The summed E-state index contributed by atoms with van der Waals surface area (Å²) in [7, 11) is 0. The van der Waals surface area contributed by atoms with E-state index in [0.29, 0.717) is 10.9 Å². The van der Waals surface area contributed by atoms with Crippen molar-refractivity contribution in [3.8, 4) is 0 Å². The Kier molecular flexibility index (Phi) is 5.12. The molecule has 0 atom stereocenters. The van der Waals surface area contributed by atoms with E-state index in [1.54, 1.807) is 24.3 Å². The van der Waals surface area contributed by atoms with Crippen LogP contribution in [0.2, 0.25) is 0 Å². The second kappa shape index (κ2) is 7.49. The maximum atomic E-state index is 12.7. The number of hydrogen-bond donors (Lipinski definition) is 1. The molecule has 1 amide bonds. The first-order valence-electron chi connectivity index (χ1n) is 7.96. The molecule has 0 aliphatic heterocycles. The van der Waals surface area contributed by atoms with E-state index in [0.717, 1.165) is 17.5 Å². The quantitative estimate of drug-likeness (QED) is 0.677. The summed E-state index contributed by atoms with van der Waals surface area (Å²) in [5.74, 6) is -1.42. The fraction of sp³-hybridized carbons (Fsp3) is 0.100. The van der Waals surface area contributed by atoms with E-state index in [1.807, 2.05) is 18.2 Å². The Labute approximate surface area is 152 Å². The summed E-state index contributed by atoms with van der Waals surface area (Å²) >= 11 is 0. The highest BCUT2D eigenvalue weighted by molar-refractivity contribution is 6.05. The van der Waals surface area contributed by atoms with Crippen LogP contribution in [0.5, 0.6) is 0 Å². The molecule has 0 aliphatic carbocycles. The van der Waals surface area contributed by atoms with Crippen molar-refractivity contribution < 1.29 is 27.5 Å². The summed E-state index contributed by atoms with van der Waals surface area (Å²) in [5.41, 5.74) is -0.607. The molecule has 3 aromatic carbocycles. The van der Waals surface area contributed by atoms with Crippen molar-refractivity contribution in [1.82, 2.24) is 0 Å². The third kappa shape index (κ3) is 4.44. The Balaban J connectivity index is 1.65. The zero-order chi connectivity index (χ0) is 19.4. The number of alkyl halides is 3. The highest BCUT2D eigenvalue weighted by Gasteiger charge is 2.30. The van der Waals surface area contributed by atoms with Gasteiger partial charge in [-0.25, -0.2) is 4.79 Å². The lowest BCUT2D eigenvalue weighted by molar-refractivity contribution is -0.137. The summed E-state index contributed by atoms with van der Waals surface area (Å²) in [6.07, 6.45) is -4.51. The van der Waals surface area contributed by atoms with Crippen molar-refractivity contribution in [3.05, 3.63) is 77.9 Å². The van der Waals surface area contributed by atoms with Crippen LogP contribution in [-0.2, 0) is 15.7 Å². The Morgan fingerprint density at radius 1 is 0.926 bits per heavy atom. The first-order chi connectivity index (χ1) is 12.8. The van der Waals surface area contributed by atoms with Gasteiger partial charge in [-0.3, -0.25) is 4.79 Å². The highest BCUT2D eigenvalue weighted by atomic mass is 19.4. The van der Waals surface area contributed by atoms with Crippen LogP contribution >= 0.6 is 0 Å². The summed E-state index contributed by atoms with van der Waals surface area (Å²) in [6, 6.07) is 16.5. The minimum atomic E-state index is -4.51. The summed E-state index contributed by atoms with van der Waals surface area (Å²) in [4.78, 5) is 24.2. The van der Waals surface area contributed by atoms with E-state index in [9.17, 15) is 22.8 Å². The Hall–Kier alpha value is -3.35. The number of fused-ring (bicyclic) bond motifs is 1. The standard InChI is InChI=1S/C20H14F3NO3/c21-20(22,23)14-7-4-8-15(11-14)24-18(25)12-27-19(26)17-10-3-6-13-5-1-2-9-16(13)17/h1-11H,12H2,(H,24,25). The zero-order valence-electron chi connectivity index (χ0n) is 13.9. The van der Waals surface area contributed by atoms with Gasteiger partial charge in [0.05, 0.1) is 11.1 Å². The van der Waals surface area contributed by atoms with Gasteiger partial charge in [-0.1, -0.05) is 42.5 Å². The molecule has 0 fully saturated rings. The Morgan fingerprint density at radius 3 is 2.41 bits per heavy atom. The van der Waals surface area contributed by atoms with E-state index in [2.05, 4.69) is 5.32 Å². The number of hydrogen-bond acceptors (Lipinski definition) is 3. The van der Waals surface area contributed by atoms with E-state index in [1.165, 1.54) is 12.1 Å². The molecular formula is C20H14F3NO3. The summed E-state index contributed by atoms with van der Waals surface area (Å²) in [6.45, 7) is -0.613. The largest absolute Gasteiger partial charge is 0.452 e. The Morgan fingerprint density at radius 2 is 1.63 bits per heavy atom. The fourth-order valence-corrected chi connectivity index (χ4v) is 2.58. The third-order valence-electron chi connectivity index (χ3n) is 3.82. The minimum absolute atomic E-state index is 0.0314. The molecule has 27 heavy (non-hydrogen) atoms. The van der Waals surface area contributed by atoms with Gasteiger partial charge in [0.25, 0.3) is 5.91 Å². The second-order valence-electron chi connectivity index (χ2n) is 5.73. The molecule has 0 radical (unpaired) electrons. The van der Waals surface area contributed by atoms with Crippen LogP contribution in [0.3, 0.4) is 0 Å². The number of amides is 1. The van der Waals surface area contributed by atoms with Crippen LogP contribution in [0.1, 0.15) is 15.9 Å². The molecule has 3 aromatic rings. The van der Waals surface area contributed by atoms with Gasteiger partial charge < -0.3 is 10.1 Å². The van der Waals surface area contributed by atoms with E-state index < -0.39 is 30.2 Å². The number of halogens is 3. The third-order valence-corrected chi connectivity index (χ3v) is 3.82. The normalized spacial score (nSPS) is 11.2. The number of carbonyl (C=O) groups excluding carboxylic acids is 2. The number of carbonyl (C=O) groups is 2. The van der Waals surface area contributed by atoms with Gasteiger partial charge >= 0.3 is 12.1 Å². The number of esters is 1. The maximum absolute atomic E-state index is 12.7. The second-order valence-corrected chi connectivity index (χ2v) is 5.73. The van der Waals surface area contributed by atoms with Gasteiger partial charge in [0.15, 0.2) is 6.61 Å². The first-order valence-corrected chi connectivity index (χ1v) is 7.96. The number of benzene rings is 3. The minimum Gasteiger partial charge on any atom is -0.452 e. The van der Waals surface area contributed by atoms with Crippen LogP contribution < -0.4 is 5.32 Å². The van der Waals surface area contributed by atoms with Gasteiger partial charge in [-0.15, -0.1) is 0 Å². The maximum Gasteiger partial charge on any atom is 0.416 e. The fourth-order valence-electron chi connectivity index (χ4n) is 2.58. The molecule has 7 heteroatoms. The smallest absolute Gasteiger partial charge is 0.416 e. The van der Waals surface area contributed by atoms with Crippen LogP contribution in [0.4, 0.5) is 18.9 Å². The van der Waals surface area contributed by atoms with E-state index in [-0.39, 0.29) is 5.69 Å². The average molecular weight is 373 g/mol. The molecule has 0 aromatic heterocycles. The topological polar surface area (TPSA) is 55.4 Å². The number of ether oxygens (including phenoxy) is 1. The molecule has 0 saturated heterocycles. The highest BCUT2D eigenvalue weighted by Crippen LogP contribution is 2.30. The number of rotatable bonds is 4. The molecule has 4 nitrogen and oxygen atoms in total. The molecule has 1 N–H and O–H groups in total. The van der Waals surface area contributed by atoms with Crippen LogP contribution in [0.15, 0.2) is 66.7 Å². The van der Waals surface area contributed by atoms with Crippen LogP contribution in [-0.4, -0.2) is 18.5 Å². The number of anilines is 1. The van der Waals surface area contributed by atoms with Crippen molar-refractivity contribution in [2.75, 3.05) is 11.9 Å². The first kappa shape index (κ1) is 18.4. The predicted molar refractivity (Wildman–Crippen MR) is 94.3 cm³/mol. The van der Waals surface area contributed by atoms with Gasteiger partial charge in [0.1, 0.15) is 0 Å². The lowest BCUT2D eigenvalue weighted by atomic mass is 10.1. The van der Waals surface area contributed by atoms with Gasteiger partial charge in [-0.05, 0) is 35.0 Å². The van der Waals surface area contributed by atoms with Gasteiger partial charge in [0.2, 0.25) is 0 Å². The van der Waals surface area contributed by atoms with Gasteiger partial charge in [0, 0.05) is 5.69 Å². The molecule has 3 rings (SSSR count). The monoisotopic (exact) mass is 373 g/mol. The van der Waals surface area contributed by atoms with Crippen LogP contribution in [0.25, 0.3) is 10.8 Å². The Bertz CT molecular complexity index is 994. The molecule has 138 valence electrons. The molecule has 0 spiro atoms. The molecule has 0 saturated carbocycles. The number of nitrogens with one attached hydrogen (secondary N) is 1. The van der Waals surface area contributed by atoms with Crippen molar-refractivity contribution >= 4 is 28.3 Å². The lowest BCUT2D eigenvalue weighted by Crippen LogP contribution is -2.21. The zero-order valence-corrected chi connectivity index (χ0v) is 13.9. The van der Waals surface area contributed by atoms with E-state index in [4.69, 9.17) is 4.74 Å². The van der Waals surface area contributed by atoms with Crippen LogP contribution in [0, 0.1) is 0 Å². The molecular weight excluding hydrogens is 359 g/mol.